The van der Waals surface area contributed by atoms with Gasteiger partial charge in [-0.05, 0) is 24.5 Å². The van der Waals surface area contributed by atoms with Crippen LogP contribution in [0.3, 0.4) is 0 Å². The van der Waals surface area contributed by atoms with E-state index in [-0.39, 0.29) is 29.7 Å². The molecule has 7 heteroatoms. The average molecular weight is 449 g/mol. The van der Waals surface area contributed by atoms with Crippen molar-refractivity contribution >= 4 is 29.9 Å². The molecular weight excluding hydrogens is 421 g/mol. The Labute approximate surface area is 161 Å². The summed E-state index contributed by atoms with van der Waals surface area (Å²) in [5.41, 5.74) is 0.896. The molecule has 0 aromatic heterocycles. The van der Waals surface area contributed by atoms with Crippen LogP contribution >= 0.6 is 24.0 Å². The molecule has 1 fully saturated rings. The number of nitrogens with one attached hydrogen (secondary N) is 1. The molecule has 0 spiro atoms. The Morgan fingerprint density at radius 1 is 1.42 bits per heavy atom. The van der Waals surface area contributed by atoms with Gasteiger partial charge in [0.1, 0.15) is 11.5 Å². The van der Waals surface area contributed by atoms with E-state index in [0.717, 1.165) is 50.6 Å². The van der Waals surface area contributed by atoms with Gasteiger partial charge in [-0.1, -0.05) is 6.07 Å². The first-order valence-electron chi connectivity index (χ1n) is 7.98. The van der Waals surface area contributed by atoms with Gasteiger partial charge in [-0.25, -0.2) is 0 Å². The van der Waals surface area contributed by atoms with E-state index in [1.54, 1.807) is 27.3 Å². The average Bonchev–Trinajstić information content (AvgIpc) is 3.01. The lowest BCUT2D eigenvalue weighted by Gasteiger charge is -2.21. The van der Waals surface area contributed by atoms with Crippen LogP contribution in [0, 0.1) is 5.92 Å². The predicted molar refractivity (Wildman–Crippen MR) is 107 cm³/mol. The summed E-state index contributed by atoms with van der Waals surface area (Å²) in [6.45, 7) is 3.49. The fraction of sp³-hybridized carbons (Fsp3) is 0.588. The first-order chi connectivity index (χ1) is 11.2. The van der Waals surface area contributed by atoms with Crippen LogP contribution in [-0.2, 0) is 11.2 Å². The Bertz CT molecular complexity index is 540. The molecule has 24 heavy (non-hydrogen) atoms. The molecular formula is C17H28IN3O3. The van der Waals surface area contributed by atoms with E-state index in [4.69, 9.17) is 9.47 Å². The van der Waals surface area contributed by atoms with Crippen LogP contribution in [0.4, 0.5) is 0 Å². The Morgan fingerprint density at radius 2 is 2.21 bits per heavy atom. The molecule has 2 rings (SSSR count). The van der Waals surface area contributed by atoms with Gasteiger partial charge < -0.3 is 24.8 Å². The normalized spacial score (nSPS) is 17.5. The highest BCUT2D eigenvalue weighted by atomic mass is 127. The van der Waals surface area contributed by atoms with Gasteiger partial charge in [0.2, 0.25) is 0 Å². The lowest BCUT2D eigenvalue weighted by Crippen LogP contribution is -2.41. The highest BCUT2D eigenvalue weighted by molar-refractivity contribution is 14.0. The molecule has 6 nitrogen and oxygen atoms in total. The maximum atomic E-state index is 9.99. The van der Waals surface area contributed by atoms with Crippen LogP contribution in [0.1, 0.15) is 12.0 Å². The molecule has 0 radical (unpaired) electrons. The van der Waals surface area contributed by atoms with Crippen molar-refractivity contribution < 1.29 is 14.6 Å². The summed E-state index contributed by atoms with van der Waals surface area (Å²) in [5.74, 6) is 2.42. The van der Waals surface area contributed by atoms with Crippen LogP contribution < -0.4 is 10.1 Å². The minimum absolute atomic E-state index is 0. The van der Waals surface area contributed by atoms with E-state index in [2.05, 4.69) is 15.2 Å². The minimum atomic E-state index is 0. The predicted octanol–water partition coefficient (Wildman–Crippen LogP) is 2.11. The summed E-state index contributed by atoms with van der Waals surface area (Å²) in [6, 6.07) is 5.39. The fourth-order valence-electron chi connectivity index (χ4n) is 2.92. The lowest BCUT2D eigenvalue weighted by molar-refractivity contribution is 0.157. The molecule has 1 saturated heterocycles. The summed E-state index contributed by atoms with van der Waals surface area (Å²) in [6.07, 6.45) is 1.86. The first-order valence-corrected chi connectivity index (χ1v) is 7.98. The van der Waals surface area contributed by atoms with Gasteiger partial charge in [-0.15, -0.1) is 24.0 Å². The van der Waals surface area contributed by atoms with Gasteiger partial charge >= 0.3 is 0 Å². The Hall–Kier alpha value is -1.22. The van der Waals surface area contributed by atoms with Crippen molar-refractivity contribution in [3.63, 3.8) is 0 Å². The fourth-order valence-corrected chi connectivity index (χ4v) is 2.92. The second kappa shape index (κ2) is 10.6. The quantitative estimate of drug-likeness (QED) is 0.396. The highest BCUT2D eigenvalue weighted by Gasteiger charge is 2.24. The van der Waals surface area contributed by atoms with Crippen molar-refractivity contribution in [1.29, 1.82) is 0 Å². The van der Waals surface area contributed by atoms with Crippen molar-refractivity contribution in [3.8, 4) is 11.5 Å². The number of methoxy groups -OCH3 is 2. The van der Waals surface area contributed by atoms with Crippen molar-refractivity contribution in [2.24, 2.45) is 10.9 Å². The third-order valence-corrected chi connectivity index (χ3v) is 4.17. The molecule has 136 valence electrons. The summed E-state index contributed by atoms with van der Waals surface area (Å²) in [4.78, 5) is 6.62. The molecule has 1 unspecified atom stereocenters. The van der Waals surface area contributed by atoms with Crippen molar-refractivity contribution in [2.45, 2.75) is 12.8 Å². The number of guanidine groups is 1. The van der Waals surface area contributed by atoms with Crippen LogP contribution in [0.5, 0.6) is 11.5 Å². The van der Waals surface area contributed by atoms with Gasteiger partial charge in [-0.3, -0.25) is 4.99 Å². The maximum Gasteiger partial charge on any atom is 0.193 e. The molecule has 1 heterocycles. The molecule has 1 aromatic rings. The summed E-state index contributed by atoms with van der Waals surface area (Å²) < 4.78 is 10.3. The third-order valence-electron chi connectivity index (χ3n) is 4.17. The topological polar surface area (TPSA) is 66.3 Å². The summed E-state index contributed by atoms with van der Waals surface area (Å²) in [7, 11) is 5.14. The van der Waals surface area contributed by atoms with Gasteiger partial charge in [0.05, 0.1) is 13.7 Å². The SMILES string of the molecule is CN=C(NCCc1ccc(OC)cc1O)N1CCC(COC)C1.I. The Balaban J connectivity index is 0.00000288. The largest absolute Gasteiger partial charge is 0.508 e. The van der Waals surface area contributed by atoms with Crippen molar-refractivity contribution in [2.75, 3.05) is 47.5 Å². The number of likely N-dealkylation sites (tertiary alicyclic amines) is 1. The van der Waals surface area contributed by atoms with Crippen LogP contribution in [0.2, 0.25) is 0 Å². The van der Waals surface area contributed by atoms with E-state index < -0.39 is 0 Å². The van der Waals surface area contributed by atoms with E-state index in [1.807, 2.05) is 12.1 Å². The van der Waals surface area contributed by atoms with E-state index in [0.29, 0.717) is 11.7 Å². The van der Waals surface area contributed by atoms with Crippen molar-refractivity contribution in [3.05, 3.63) is 23.8 Å². The Morgan fingerprint density at radius 3 is 2.83 bits per heavy atom. The van der Waals surface area contributed by atoms with Crippen LogP contribution in [0.25, 0.3) is 0 Å². The van der Waals surface area contributed by atoms with Crippen LogP contribution in [-0.4, -0.2) is 63.5 Å². The second-order valence-corrected chi connectivity index (χ2v) is 5.77. The summed E-state index contributed by atoms with van der Waals surface area (Å²) >= 11 is 0. The van der Waals surface area contributed by atoms with E-state index >= 15 is 0 Å². The number of nitrogens with zero attached hydrogens (tertiary/aromatic N) is 2. The molecule has 1 aliphatic heterocycles. The lowest BCUT2D eigenvalue weighted by atomic mass is 10.1. The Kier molecular flexibility index (Phi) is 9.20. The number of benzene rings is 1. The first kappa shape index (κ1) is 20.8. The molecule has 1 aromatic carbocycles. The smallest absolute Gasteiger partial charge is 0.193 e. The molecule has 2 N–H and O–H groups in total. The van der Waals surface area contributed by atoms with E-state index in [9.17, 15) is 5.11 Å². The van der Waals surface area contributed by atoms with E-state index in [1.165, 1.54) is 0 Å². The zero-order valence-electron chi connectivity index (χ0n) is 14.6. The number of aromatic hydroxyl groups is 1. The monoisotopic (exact) mass is 449 g/mol. The number of rotatable bonds is 6. The molecule has 1 aliphatic rings. The molecule has 0 aliphatic carbocycles. The molecule has 1 atom stereocenters. The van der Waals surface area contributed by atoms with Gasteiger partial charge in [0.15, 0.2) is 5.96 Å². The van der Waals surface area contributed by atoms with Crippen LogP contribution in [0.15, 0.2) is 23.2 Å². The number of ether oxygens (including phenoxy) is 2. The minimum Gasteiger partial charge on any atom is -0.508 e. The number of aliphatic imine (C=N–C) groups is 1. The standard InChI is InChI=1S/C17H27N3O3.HI/c1-18-17(20-9-7-13(11-20)12-22-2)19-8-6-14-4-5-15(23-3)10-16(14)21;/h4-5,10,13,21H,6-9,11-12H2,1-3H3,(H,18,19);1H. The van der Waals surface area contributed by atoms with Gasteiger partial charge in [0, 0.05) is 45.8 Å². The highest BCUT2D eigenvalue weighted by Crippen LogP contribution is 2.23. The maximum absolute atomic E-state index is 9.99. The zero-order valence-corrected chi connectivity index (χ0v) is 16.9. The number of phenols is 1. The number of halogens is 1. The molecule has 0 bridgehead atoms. The molecule has 0 saturated carbocycles. The zero-order chi connectivity index (χ0) is 16.7. The van der Waals surface area contributed by atoms with Crippen molar-refractivity contribution in [1.82, 2.24) is 10.2 Å². The van der Waals surface area contributed by atoms with Gasteiger partial charge in [-0.2, -0.15) is 0 Å². The van der Waals surface area contributed by atoms with Gasteiger partial charge in [0.25, 0.3) is 0 Å². The molecule has 0 amide bonds. The number of hydrogen-bond acceptors (Lipinski definition) is 4. The number of hydrogen-bond donors (Lipinski definition) is 2. The summed E-state index contributed by atoms with van der Waals surface area (Å²) in [5, 5.41) is 13.4. The number of phenolic OH excluding ortho intramolecular Hbond substituents is 1. The third kappa shape index (κ3) is 5.70. The second-order valence-electron chi connectivity index (χ2n) is 5.77.